The number of halogens is 2. The van der Waals surface area contributed by atoms with Crippen molar-refractivity contribution < 1.29 is 13.5 Å². The van der Waals surface area contributed by atoms with Crippen molar-refractivity contribution in [3.63, 3.8) is 0 Å². The minimum atomic E-state index is -0.237. The van der Waals surface area contributed by atoms with Crippen LogP contribution in [0.25, 0.3) is 20.2 Å². The molecule has 1 aromatic heterocycles. The number of fused-ring (bicyclic) bond motifs is 3. The van der Waals surface area contributed by atoms with Gasteiger partial charge in [0, 0.05) is 16.7 Å². The first-order valence-corrected chi connectivity index (χ1v) is 8.79. The molecule has 0 radical (unpaired) electrons. The third-order valence-corrected chi connectivity index (χ3v) is 6.06. The molecule has 0 N–H and O–H groups in total. The van der Waals surface area contributed by atoms with E-state index in [0.717, 1.165) is 23.6 Å². The van der Waals surface area contributed by atoms with Gasteiger partial charge in [-0.25, -0.2) is 8.78 Å². The molecule has 0 bridgehead atoms. The quantitative estimate of drug-likeness (QED) is 0.537. The molecule has 2 aromatic carbocycles. The molecule has 2 atom stereocenters. The molecule has 0 amide bonds. The molecule has 4 rings (SSSR count). The molecule has 0 saturated carbocycles. The molecule has 0 aliphatic carbocycles. The molecule has 0 spiro atoms. The maximum atomic E-state index is 15.1. The van der Waals surface area contributed by atoms with Crippen molar-refractivity contribution in [1.82, 2.24) is 0 Å². The predicted octanol–water partition coefficient (Wildman–Crippen LogP) is 5.92. The van der Waals surface area contributed by atoms with Gasteiger partial charge in [-0.15, -0.1) is 11.3 Å². The van der Waals surface area contributed by atoms with Gasteiger partial charge >= 0.3 is 0 Å². The molecular weight excluding hydrogens is 314 g/mol. The highest BCUT2D eigenvalue weighted by molar-refractivity contribution is 7.25. The van der Waals surface area contributed by atoms with E-state index in [9.17, 15) is 4.39 Å². The summed E-state index contributed by atoms with van der Waals surface area (Å²) < 4.78 is 36.2. The molecule has 23 heavy (non-hydrogen) atoms. The van der Waals surface area contributed by atoms with Gasteiger partial charge in [0.05, 0.1) is 22.1 Å². The summed E-state index contributed by atoms with van der Waals surface area (Å²) in [6, 6.07) is 7.42. The molecule has 4 heteroatoms. The monoisotopic (exact) mass is 332 g/mol. The van der Waals surface area contributed by atoms with Gasteiger partial charge in [0.25, 0.3) is 0 Å². The van der Waals surface area contributed by atoms with Gasteiger partial charge in [0.1, 0.15) is 11.6 Å². The van der Waals surface area contributed by atoms with Gasteiger partial charge in [0.2, 0.25) is 0 Å². The van der Waals surface area contributed by atoms with Gasteiger partial charge in [-0.05, 0) is 37.8 Å². The molecule has 1 fully saturated rings. The lowest BCUT2D eigenvalue weighted by Gasteiger charge is -2.27. The summed E-state index contributed by atoms with van der Waals surface area (Å²) in [5.41, 5.74) is 1.30. The number of rotatable bonds is 1. The van der Waals surface area contributed by atoms with Crippen molar-refractivity contribution >= 4 is 31.5 Å². The van der Waals surface area contributed by atoms with Crippen LogP contribution in [0.2, 0.25) is 0 Å². The molecule has 1 aliphatic heterocycles. The molecule has 3 aromatic rings. The van der Waals surface area contributed by atoms with Crippen LogP contribution >= 0.6 is 11.3 Å². The van der Waals surface area contributed by atoms with E-state index in [0.29, 0.717) is 27.1 Å². The Morgan fingerprint density at radius 1 is 1.00 bits per heavy atom. The number of aryl methyl sites for hydroxylation is 1. The van der Waals surface area contributed by atoms with E-state index in [1.165, 1.54) is 11.3 Å². The lowest BCUT2D eigenvalue weighted by molar-refractivity contribution is 0.0148. The van der Waals surface area contributed by atoms with Gasteiger partial charge < -0.3 is 4.74 Å². The lowest BCUT2D eigenvalue weighted by atomic mass is 9.90. The highest BCUT2D eigenvalue weighted by atomic mass is 32.1. The maximum absolute atomic E-state index is 15.1. The Hall–Kier alpha value is -1.52. The van der Waals surface area contributed by atoms with E-state index in [-0.39, 0.29) is 23.7 Å². The van der Waals surface area contributed by atoms with Crippen molar-refractivity contribution in [3.8, 4) is 0 Å². The second kappa shape index (κ2) is 5.53. The summed E-state index contributed by atoms with van der Waals surface area (Å²) in [6.45, 7) is 4.34. The van der Waals surface area contributed by atoms with E-state index in [1.807, 2.05) is 25.1 Å². The third-order valence-electron chi connectivity index (χ3n) is 4.85. The Kier molecular flexibility index (Phi) is 3.62. The standard InChI is InChI=1S/C19H18F2OS/c1-10-3-6-14-15-8-7-13(12-5-4-11(2)22-9-12)17(21)19(15)23-18(14)16(10)20/h3,6-8,11-12H,4-5,9H2,1-2H3. The molecule has 1 saturated heterocycles. The first-order valence-electron chi connectivity index (χ1n) is 7.97. The van der Waals surface area contributed by atoms with Gasteiger partial charge in [-0.1, -0.05) is 24.3 Å². The van der Waals surface area contributed by atoms with Gasteiger partial charge in [-0.2, -0.15) is 0 Å². The Bertz CT molecular complexity index is 891. The fourth-order valence-electron chi connectivity index (χ4n) is 3.40. The van der Waals surface area contributed by atoms with Crippen LogP contribution in [0.3, 0.4) is 0 Å². The van der Waals surface area contributed by atoms with E-state index in [2.05, 4.69) is 0 Å². The van der Waals surface area contributed by atoms with Gasteiger partial charge in [-0.3, -0.25) is 0 Å². The number of hydrogen-bond acceptors (Lipinski definition) is 2. The molecule has 2 heterocycles. The summed E-state index contributed by atoms with van der Waals surface area (Å²) in [7, 11) is 0. The molecule has 2 unspecified atom stereocenters. The van der Waals surface area contributed by atoms with Crippen LogP contribution in [-0.4, -0.2) is 12.7 Å². The van der Waals surface area contributed by atoms with Crippen LogP contribution in [0.1, 0.15) is 36.8 Å². The molecule has 1 nitrogen and oxygen atoms in total. The van der Waals surface area contributed by atoms with E-state index < -0.39 is 0 Å². The average molecular weight is 332 g/mol. The van der Waals surface area contributed by atoms with Crippen molar-refractivity contribution in [2.45, 2.75) is 38.7 Å². The summed E-state index contributed by atoms with van der Waals surface area (Å²) in [5.74, 6) is -0.351. The first kappa shape index (κ1) is 15.0. The zero-order chi connectivity index (χ0) is 16.1. The highest BCUT2D eigenvalue weighted by Gasteiger charge is 2.25. The minimum absolute atomic E-state index is 0.0902. The van der Waals surface area contributed by atoms with Crippen molar-refractivity contribution in [2.24, 2.45) is 0 Å². The molecular formula is C19H18F2OS. The van der Waals surface area contributed by atoms with Crippen molar-refractivity contribution in [3.05, 3.63) is 47.0 Å². The van der Waals surface area contributed by atoms with Crippen LogP contribution < -0.4 is 0 Å². The summed E-state index contributed by atoms with van der Waals surface area (Å²) in [4.78, 5) is 0. The Balaban J connectivity index is 1.88. The smallest absolute Gasteiger partial charge is 0.144 e. The van der Waals surface area contributed by atoms with Crippen LogP contribution in [-0.2, 0) is 4.74 Å². The Morgan fingerprint density at radius 3 is 2.39 bits per heavy atom. The third kappa shape index (κ3) is 2.36. The molecule has 1 aliphatic rings. The fraction of sp³-hybridized carbons (Fsp3) is 0.368. The van der Waals surface area contributed by atoms with Crippen LogP contribution in [0, 0.1) is 18.6 Å². The van der Waals surface area contributed by atoms with Crippen LogP contribution in [0.15, 0.2) is 24.3 Å². The van der Waals surface area contributed by atoms with Crippen LogP contribution in [0.4, 0.5) is 8.78 Å². The Labute approximate surface area is 137 Å². The second-order valence-corrected chi connectivity index (χ2v) is 7.46. The van der Waals surface area contributed by atoms with E-state index in [1.54, 1.807) is 13.0 Å². The fourth-order valence-corrected chi connectivity index (χ4v) is 4.63. The zero-order valence-electron chi connectivity index (χ0n) is 13.2. The summed E-state index contributed by atoms with van der Waals surface area (Å²) >= 11 is 1.22. The van der Waals surface area contributed by atoms with Crippen molar-refractivity contribution in [1.29, 1.82) is 0 Å². The average Bonchev–Trinajstić information content (AvgIpc) is 2.93. The number of benzene rings is 2. The molecule has 120 valence electrons. The van der Waals surface area contributed by atoms with Crippen LogP contribution in [0.5, 0.6) is 0 Å². The maximum Gasteiger partial charge on any atom is 0.144 e. The zero-order valence-corrected chi connectivity index (χ0v) is 14.0. The normalized spacial score (nSPS) is 22.1. The second-order valence-electron chi connectivity index (χ2n) is 6.44. The summed E-state index contributed by atoms with van der Waals surface area (Å²) in [5, 5.41) is 1.60. The first-order chi connectivity index (χ1) is 11.1. The number of thiophene rings is 1. The predicted molar refractivity (Wildman–Crippen MR) is 91.4 cm³/mol. The topological polar surface area (TPSA) is 9.23 Å². The van der Waals surface area contributed by atoms with E-state index >= 15 is 4.39 Å². The SMILES string of the molecule is Cc1ccc2c(sc3c(F)c(C4CCC(C)OC4)ccc32)c1F. The number of hydrogen-bond donors (Lipinski definition) is 0. The van der Waals surface area contributed by atoms with Crippen molar-refractivity contribution in [2.75, 3.05) is 6.61 Å². The summed E-state index contributed by atoms with van der Waals surface area (Å²) in [6.07, 6.45) is 2.13. The minimum Gasteiger partial charge on any atom is -0.378 e. The number of ether oxygens (including phenoxy) is 1. The van der Waals surface area contributed by atoms with E-state index in [4.69, 9.17) is 4.74 Å². The highest BCUT2D eigenvalue weighted by Crippen LogP contribution is 2.41. The Morgan fingerprint density at radius 2 is 1.70 bits per heavy atom. The lowest BCUT2D eigenvalue weighted by Crippen LogP contribution is -2.22. The largest absolute Gasteiger partial charge is 0.378 e. The van der Waals surface area contributed by atoms with Gasteiger partial charge in [0.15, 0.2) is 0 Å².